The monoisotopic (exact) mass is 227 g/mol. The van der Waals surface area contributed by atoms with Gasteiger partial charge in [-0.05, 0) is 23.7 Å². The number of para-hydroxylation sites is 2. The highest BCUT2D eigenvalue weighted by Crippen LogP contribution is 2.24. The molecule has 0 aliphatic carbocycles. The predicted molar refractivity (Wildman–Crippen MR) is 67.5 cm³/mol. The second kappa shape index (κ2) is 5.37. The predicted octanol–water partition coefficient (Wildman–Crippen LogP) is 2.84. The molecule has 2 nitrogen and oxygen atoms in total. The van der Waals surface area contributed by atoms with E-state index in [9.17, 15) is 5.11 Å². The molecule has 2 rings (SSSR count). The van der Waals surface area contributed by atoms with Crippen molar-refractivity contribution < 1.29 is 5.11 Å². The van der Waals surface area contributed by atoms with Crippen LogP contribution < -0.4 is 0 Å². The number of phenols is 1. The Labute approximate surface area is 97.1 Å². The molecule has 16 heavy (non-hydrogen) atoms. The van der Waals surface area contributed by atoms with Gasteiger partial charge in [-0.25, -0.2) is 0 Å². The minimum atomic E-state index is -0.0466. The van der Waals surface area contributed by atoms with E-state index >= 15 is 0 Å². The van der Waals surface area contributed by atoms with Crippen molar-refractivity contribution in [2.45, 2.75) is 6.04 Å². The summed E-state index contributed by atoms with van der Waals surface area (Å²) >= 11 is 0. The lowest BCUT2D eigenvalue weighted by Gasteiger charge is -1.97. The Hall–Kier alpha value is -1.74. The van der Waals surface area contributed by atoms with Gasteiger partial charge >= 0.3 is 0 Å². The third-order valence-electron chi connectivity index (χ3n) is 2.28. The van der Waals surface area contributed by atoms with Crippen LogP contribution in [0.25, 0.3) is 0 Å². The quantitative estimate of drug-likeness (QED) is 0.803. The van der Waals surface area contributed by atoms with E-state index in [-0.39, 0.29) is 15.1 Å². The van der Waals surface area contributed by atoms with Crippen LogP contribution in [0.3, 0.4) is 0 Å². The number of nitrogens with zero attached hydrogens (tertiary/aromatic N) is 1. The summed E-state index contributed by atoms with van der Waals surface area (Å²) in [4.78, 5) is 0. The molecule has 0 heterocycles. The molecule has 0 aliphatic rings. The van der Waals surface area contributed by atoms with Crippen LogP contribution in [0.4, 0.5) is 5.69 Å². The highest BCUT2D eigenvalue weighted by molar-refractivity contribution is 6.22. The van der Waals surface area contributed by atoms with E-state index in [0.29, 0.717) is 5.69 Å². The lowest BCUT2D eigenvalue weighted by Crippen LogP contribution is -1.86. The molecule has 80 valence electrons. The fourth-order valence-electron chi connectivity index (χ4n) is 1.44. The van der Waals surface area contributed by atoms with Crippen LogP contribution in [0.1, 0.15) is 5.56 Å². The van der Waals surface area contributed by atoms with Crippen LogP contribution in [0.15, 0.2) is 59.2 Å². The largest absolute Gasteiger partial charge is 0.506 e. The van der Waals surface area contributed by atoms with E-state index in [1.165, 1.54) is 5.56 Å². The van der Waals surface area contributed by atoms with E-state index in [2.05, 4.69) is 16.8 Å². The standard InChI is InChI=1S/C13H13NOSi/c15-13-9-5-4-8-12(13)14-16-10-11-6-2-1-3-7-11/h1-9,15-16H,10H2. The Balaban J connectivity index is 2.03. The normalized spacial score (nSPS) is 10.8. The molecule has 0 bridgehead atoms. The zero-order valence-electron chi connectivity index (χ0n) is 8.88. The molecular formula is C13H13NOSi. The van der Waals surface area contributed by atoms with Crippen molar-refractivity contribution in [1.29, 1.82) is 0 Å². The van der Waals surface area contributed by atoms with Gasteiger partial charge in [0.15, 0.2) is 0 Å². The highest BCUT2D eigenvalue weighted by atomic mass is 28.2. The van der Waals surface area contributed by atoms with Gasteiger partial charge < -0.3 is 9.74 Å². The van der Waals surface area contributed by atoms with Gasteiger partial charge in [0.05, 0.1) is 5.69 Å². The van der Waals surface area contributed by atoms with E-state index in [0.717, 1.165) is 6.04 Å². The van der Waals surface area contributed by atoms with Gasteiger partial charge in [0.2, 0.25) is 0 Å². The average Bonchev–Trinajstić information content (AvgIpc) is 2.33. The van der Waals surface area contributed by atoms with E-state index < -0.39 is 0 Å². The number of rotatable bonds is 3. The second-order valence-corrected chi connectivity index (χ2v) is 4.52. The molecule has 0 aromatic heterocycles. The van der Waals surface area contributed by atoms with Gasteiger partial charge in [-0.15, -0.1) is 0 Å². The maximum Gasteiger partial charge on any atom is 0.140 e. The topological polar surface area (TPSA) is 32.6 Å². The third kappa shape index (κ3) is 2.87. The van der Waals surface area contributed by atoms with Crippen molar-refractivity contribution in [2.75, 3.05) is 0 Å². The maximum absolute atomic E-state index is 9.53. The Kier molecular flexibility index (Phi) is 3.61. The van der Waals surface area contributed by atoms with Crippen LogP contribution in [0.2, 0.25) is 0 Å². The number of aromatic hydroxyl groups is 1. The molecule has 0 saturated heterocycles. The van der Waals surface area contributed by atoms with Crippen molar-refractivity contribution in [3.8, 4) is 5.75 Å². The van der Waals surface area contributed by atoms with Crippen LogP contribution >= 0.6 is 0 Å². The SMILES string of the molecule is Oc1ccccc1N=[SiH]Cc1ccccc1. The van der Waals surface area contributed by atoms with E-state index in [1.54, 1.807) is 12.1 Å². The fraction of sp³-hybridized carbons (Fsp3) is 0.0769. The minimum absolute atomic E-state index is 0.0466. The summed E-state index contributed by atoms with van der Waals surface area (Å²) < 4.78 is 4.43. The number of hydrogen-bond acceptors (Lipinski definition) is 2. The van der Waals surface area contributed by atoms with Crippen LogP contribution in [0, 0.1) is 0 Å². The molecule has 2 aromatic carbocycles. The van der Waals surface area contributed by atoms with Gasteiger partial charge in [0, 0.05) is 0 Å². The molecule has 0 atom stereocenters. The summed E-state index contributed by atoms with van der Waals surface area (Å²) in [6.07, 6.45) is 0. The van der Waals surface area contributed by atoms with Crippen molar-refractivity contribution in [3.05, 3.63) is 60.2 Å². The van der Waals surface area contributed by atoms with Gasteiger partial charge in [-0.2, -0.15) is 0 Å². The first-order chi connectivity index (χ1) is 7.86. The van der Waals surface area contributed by atoms with Gasteiger partial charge in [-0.3, -0.25) is 0 Å². The maximum atomic E-state index is 9.53. The van der Waals surface area contributed by atoms with Gasteiger partial charge in [0.1, 0.15) is 15.1 Å². The lowest BCUT2D eigenvalue weighted by atomic mass is 10.2. The van der Waals surface area contributed by atoms with Crippen LogP contribution in [-0.2, 0) is 6.04 Å². The molecule has 3 heteroatoms. The number of hydrogen-bond donors (Lipinski definition) is 1. The molecule has 0 fully saturated rings. The summed E-state index contributed by atoms with van der Waals surface area (Å²) in [5.74, 6) is 0.267. The zero-order valence-corrected chi connectivity index (χ0v) is 10.0. The van der Waals surface area contributed by atoms with E-state index in [4.69, 9.17) is 0 Å². The molecule has 1 N–H and O–H groups in total. The summed E-state index contributed by atoms with van der Waals surface area (Å²) in [7, 11) is -0.0466. The highest BCUT2D eigenvalue weighted by Gasteiger charge is 1.94. The second-order valence-electron chi connectivity index (χ2n) is 3.49. The number of phenolic OH excluding ortho intramolecular Hbond substituents is 1. The summed E-state index contributed by atoms with van der Waals surface area (Å²) in [6, 6.07) is 18.5. The van der Waals surface area contributed by atoms with E-state index in [1.807, 2.05) is 30.3 Å². The molecule has 0 radical (unpaired) electrons. The summed E-state index contributed by atoms with van der Waals surface area (Å²) in [5.41, 5.74) is 2.00. The molecule has 0 saturated carbocycles. The Morgan fingerprint density at radius 2 is 1.62 bits per heavy atom. The average molecular weight is 227 g/mol. The molecule has 0 spiro atoms. The zero-order chi connectivity index (χ0) is 11.2. The smallest absolute Gasteiger partial charge is 0.140 e. The van der Waals surface area contributed by atoms with Crippen molar-refractivity contribution in [3.63, 3.8) is 0 Å². The molecular weight excluding hydrogens is 214 g/mol. The summed E-state index contributed by atoms with van der Waals surface area (Å²) in [5, 5.41) is 9.53. The van der Waals surface area contributed by atoms with Gasteiger partial charge in [-0.1, -0.05) is 42.5 Å². The minimum Gasteiger partial charge on any atom is -0.506 e. The Morgan fingerprint density at radius 3 is 2.38 bits per heavy atom. The van der Waals surface area contributed by atoms with Crippen molar-refractivity contribution in [1.82, 2.24) is 0 Å². The first kappa shape index (κ1) is 10.8. The number of benzene rings is 2. The van der Waals surface area contributed by atoms with Crippen molar-refractivity contribution >= 4 is 15.0 Å². The van der Waals surface area contributed by atoms with Crippen LogP contribution in [0.5, 0.6) is 5.75 Å². The third-order valence-corrected chi connectivity index (χ3v) is 3.40. The molecule has 0 unspecified atom stereocenters. The van der Waals surface area contributed by atoms with Crippen molar-refractivity contribution in [2.24, 2.45) is 4.63 Å². The molecule has 2 aromatic rings. The summed E-state index contributed by atoms with van der Waals surface area (Å²) in [6.45, 7) is 0. The lowest BCUT2D eigenvalue weighted by molar-refractivity contribution is 0.477. The Bertz CT molecular complexity index is 482. The fourth-order valence-corrected chi connectivity index (χ4v) is 2.43. The van der Waals surface area contributed by atoms with Crippen LogP contribution in [-0.4, -0.2) is 14.4 Å². The molecule has 0 amide bonds. The first-order valence-electron chi connectivity index (χ1n) is 5.21. The first-order valence-corrected chi connectivity index (χ1v) is 6.54. The van der Waals surface area contributed by atoms with Gasteiger partial charge in [0.25, 0.3) is 0 Å². The molecule has 0 aliphatic heterocycles. The Morgan fingerprint density at radius 1 is 0.938 bits per heavy atom.